The molecule has 1 aliphatic heterocycles. The van der Waals surface area contributed by atoms with Crippen molar-refractivity contribution < 1.29 is 19.2 Å². The molecule has 0 bridgehead atoms. The molecule has 21 heavy (non-hydrogen) atoms. The summed E-state index contributed by atoms with van der Waals surface area (Å²) in [5.41, 5.74) is -0.194. The number of nitrogens with zero attached hydrogens (tertiary/aromatic N) is 2. The molecule has 6 heteroatoms. The van der Waals surface area contributed by atoms with Crippen LogP contribution in [0.25, 0.3) is 0 Å². The number of hydroxylamine groups is 2. The Morgan fingerprint density at radius 1 is 1.14 bits per heavy atom. The van der Waals surface area contributed by atoms with E-state index in [2.05, 4.69) is 0 Å². The maximum absolute atomic E-state index is 12.4. The molecule has 0 unspecified atom stereocenters. The van der Waals surface area contributed by atoms with Gasteiger partial charge in [0.15, 0.2) is 0 Å². The molecule has 1 fully saturated rings. The number of carbonyl (C=O) groups excluding carboxylic acids is 3. The smallest absolute Gasteiger partial charge is 0.328 e. The van der Waals surface area contributed by atoms with E-state index < -0.39 is 23.3 Å². The van der Waals surface area contributed by atoms with Crippen molar-refractivity contribution in [3.05, 3.63) is 35.4 Å². The van der Waals surface area contributed by atoms with E-state index in [0.29, 0.717) is 17.9 Å². The highest BCUT2D eigenvalue weighted by molar-refractivity contribution is 6.21. The Balaban J connectivity index is 1.83. The van der Waals surface area contributed by atoms with E-state index in [1.807, 2.05) is 0 Å². The summed E-state index contributed by atoms with van der Waals surface area (Å²) in [5.74, 6) is -1.72. The van der Waals surface area contributed by atoms with E-state index in [-0.39, 0.29) is 11.1 Å². The van der Waals surface area contributed by atoms with E-state index in [1.54, 1.807) is 43.3 Å². The average molecular weight is 288 g/mol. The van der Waals surface area contributed by atoms with Crippen molar-refractivity contribution in [1.29, 1.82) is 0 Å². The Morgan fingerprint density at radius 3 is 2.05 bits per heavy atom. The van der Waals surface area contributed by atoms with Gasteiger partial charge in [0.2, 0.25) is 0 Å². The van der Waals surface area contributed by atoms with Crippen molar-refractivity contribution in [3.8, 4) is 0 Å². The fourth-order valence-corrected chi connectivity index (χ4v) is 2.76. The largest absolute Gasteiger partial charge is 0.353 e. The second-order valence-electron chi connectivity index (χ2n) is 5.61. The number of rotatable bonds is 3. The summed E-state index contributed by atoms with van der Waals surface area (Å²) in [5, 5.41) is 0.580. The second-order valence-corrected chi connectivity index (χ2v) is 5.61. The van der Waals surface area contributed by atoms with Crippen molar-refractivity contribution in [2.75, 3.05) is 14.1 Å². The van der Waals surface area contributed by atoms with Crippen LogP contribution in [0.1, 0.15) is 40.0 Å². The number of hydrogen-bond donors (Lipinski definition) is 0. The summed E-state index contributed by atoms with van der Waals surface area (Å²) in [7, 11) is 3.59. The molecule has 1 heterocycles. The Kier molecular flexibility index (Phi) is 3.06. The molecule has 110 valence electrons. The van der Waals surface area contributed by atoms with Gasteiger partial charge in [-0.2, -0.15) is 0 Å². The molecule has 1 saturated carbocycles. The number of hydrogen-bond acceptors (Lipinski definition) is 5. The van der Waals surface area contributed by atoms with E-state index in [0.717, 1.165) is 6.42 Å². The number of amides is 2. The zero-order valence-electron chi connectivity index (χ0n) is 12.0. The first kappa shape index (κ1) is 13.8. The Hall–Kier alpha value is -2.21. The van der Waals surface area contributed by atoms with Gasteiger partial charge in [0.05, 0.1) is 11.1 Å². The lowest BCUT2D eigenvalue weighted by Crippen LogP contribution is -2.58. The van der Waals surface area contributed by atoms with Crippen molar-refractivity contribution in [3.63, 3.8) is 0 Å². The van der Waals surface area contributed by atoms with E-state index >= 15 is 0 Å². The van der Waals surface area contributed by atoms with Crippen LogP contribution < -0.4 is 0 Å². The lowest BCUT2D eigenvalue weighted by Gasteiger charge is -2.44. The van der Waals surface area contributed by atoms with Gasteiger partial charge in [-0.05, 0) is 45.5 Å². The third-order valence-corrected chi connectivity index (χ3v) is 4.35. The van der Waals surface area contributed by atoms with Gasteiger partial charge >= 0.3 is 5.97 Å². The maximum atomic E-state index is 12.4. The Morgan fingerprint density at radius 2 is 1.67 bits per heavy atom. The van der Waals surface area contributed by atoms with Crippen LogP contribution in [0, 0.1) is 0 Å². The fraction of sp³-hybridized carbons (Fsp3) is 0.400. The van der Waals surface area contributed by atoms with E-state index in [9.17, 15) is 14.4 Å². The highest BCUT2D eigenvalue weighted by atomic mass is 16.7. The predicted octanol–water partition coefficient (Wildman–Crippen LogP) is 1.23. The summed E-state index contributed by atoms with van der Waals surface area (Å²) >= 11 is 0. The molecule has 0 aromatic heterocycles. The minimum Gasteiger partial charge on any atom is -0.328 e. The van der Waals surface area contributed by atoms with Gasteiger partial charge in [-0.1, -0.05) is 17.2 Å². The van der Waals surface area contributed by atoms with Crippen LogP contribution in [0.4, 0.5) is 0 Å². The molecule has 0 spiro atoms. The molecule has 1 aromatic rings. The standard InChI is InChI=1S/C15H16N2O4/c1-16(2)15(8-5-9-15)14(20)21-17-12(18)10-6-3-4-7-11(10)13(17)19/h3-4,6-7H,5,8-9H2,1-2H3. The SMILES string of the molecule is CN(C)C1(C(=O)ON2C(=O)c3ccccc3C2=O)CCC1. The van der Waals surface area contributed by atoms with Crippen LogP contribution in [-0.2, 0) is 9.63 Å². The minimum atomic E-state index is -0.727. The first-order valence-corrected chi connectivity index (χ1v) is 6.85. The topological polar surface area (TPSA) is 66.9 Å². The number of benzene rings is 1. The van der Waals surface area contributed by atoms with Crippen LogP contribution >= 0.6 is 0 Å². The number of fused-ring (bicyclic) bond motifs is 1. The lowest BCUT2D eigenvalue weighted by atomic mass is 9.76. The molecule has 2 aliphatic rings. The average Bonchev–Trinajstić information content (AvgIpc) is 2.63. The van der Waals surface area contributed by atoms with Crippen molar-refractivity contribution in [2.45, 2.75) is 24.8 Å². The molecule has 0 atom stereocenters. The zero-order chi connectivity index (χ0) is 15.2. The summed E-state index contributed by atoms with van der Waals surface area (Å²) < 4.78 is 0. The summed E-state index contributed by atoms with van der Waals surface area (Å²) in [6, 6.07) is 6.44. The van der Waals surface area contributed by atoms with Crippen LogP contribution in [0.2, 0.25) is 0 Å². The summed E-state index contributed by atoms with van der Waals surface area (Å²) in [6.07, 6.45) is 2.26. The van der Waals surface area contributed by atoms with E-state index in [1.165, 1.54) is 0 Å². The Labute approximate surface area is 122 Å². The lowest BCUT2D eigenvalue weighted by molar-refractivity contribution is -0.187. The third kappa shape index (κ3) is 1.86. The number of carbonyl (C=O) groups is 3. The summed E-state index contributed by atoms with van der Waals surface area (Å²) in [6.45, 7) is 0. The summed E-state index contributed by atoms with van der Waals surface area (Å²) in [4.78, 5) is 43.6. The zero-order valence-corrected chi connectivity index (χ0v) is 12.0. The third-order valence-electron chi connectivity index (χ3n) is 4.35. The molecular formula is C15H16N2O4. The van der Waals surface area contributed by atoms with Crippen LogP contribution in [-0.4, -0.2) is 47.4 Å². The van der Waals surface area contributed by atoms with Crippen molar-refractivity contribution in [1.82, 2.24) is 9.96 Å². The maximum Gasteiger partial charge on any atom is 0.353 e. The minimum absolute atomic E-state index is 0.266. The number of imide groups is 1. The molecule has 0 radical (unpaired) electrons. The highest BCUT2D eigenvalue weighted by Crippen LogP contribution is 2.38. The van der Waals surface area contributed by atoms with Gasteiger partial charge < -0.3 is 4.84 Å². The predicted molar refractivity (Wildman–Crippen MR) is 73.3 cm³/mol. The molecule has 2 amide bonds. The molecule has 6 nitrogen and oxygen atoms in total. The normalized spacial score (nSPS) is 19.5. The first-order chi connectivity index (χ1) is 9.97. The first-order valence-electron chi connectivity index (χ1n) is 6.85. The van der Waals surface area contributed by atoms with Gasteiger partial charge in [-0.3, -0.25) is 14.5 Å². The second kappa shape index (κ2) is 4.66. The number of likely N-dealkylation sites (N-methyl/N-ethyl adjacent to an activating group) is 1. The van der Waals surface area contributed by atoms with Gasteiger partial charge in [0.25, 0.3) is 11.8 Å². The fourth-order valence-electron chi connectivity index (χ4n) is 2.76. The van der Waals surface area contributed by atoms with Gasteiger partial charge in [-0.25, -0.2) is 4.79 Å². The van der Waals surface area contributed by atoms with Crippen LogP contribution in [0.3, 0.4) is 0 Å². The van der Waals surface area contributed by atoms with Crippen LogP contribution in [0.5, 0.6) is 0 Å². The van der Waals surface area contributed by atoms with Crippen LogP contribution in [0.15, 0.2) is 24.3 Å². The highest BCUT2D eigenvalue weighted by Gasteiger charge is 2.50. The monoisotopic (exact) mass is 288 g/mol. The molecule has 3 rings (SSSR count). The molecular weight excluding hydrogens is 272 g/mol. The molecule has 0 N–H and O–H groups in total. The Bertz CT molecular complexity index is 599. The van der Waals surface area contributed by atoms with E-state index in [4.69, 9.17) is 4.84 Å². The van der Waals surface area contributed by atoms with Crippen molar-refractivity contribution in [2.24, 2.45) is 0 Å². The molecule has 0 saturated heterocycles. The van der Waals surface area contributed by atoms with Crippen molar-refractivity contribution >= 4 is 17.8 Å². The van der Waals surface area contributed by atoms with Gasteiger partial charge in [-0.15, -0.1) is 0 Å². The van der Waals surface area contributed by atoms with Gasteiger partial charge in [0.1, 0.15) is 5.54 Å². The molecule has 1 aromatic carbocycles. The quantitative estimate of drug-likeness (QED) is 0.782. The van der Waals surface area contributed by atoms with Gasteiger partial charge in [0, 0.05) is 0 Å². The molecule has 1 aliphatic carbocycles.